The maximum atomic E-state index is 13.8. The Morgan fingerprint density at radius 1 is 0.852 bits per heavy atom. The number of rotatable bonds is 4. The van der Waals surface area contributed by atoms with Crippen molar-refractivity contribution in [1.29, 1.82) is 0 Å². The molecule has 0 saturated carbocycles. The van der Waals surface area contributed by atoms with E-state index in [4.69, 9.17) is 0 Å². The lowest BCUT2D eigenvalue weighted by atomic mass is 9.87. The lowest BCUT2D eigenvalue weighted by Gasteiger charge is -2.26. The lowest BCUT2D eigenvalue weighted by Crippen LogP contribution is -2.29. The molecule has 3 nitrogen and oxygen atoms in total. The van der Waals surface area contributed by atoms with Crippen molar-refractivity contribution in [2.45, 2.75) is 5.60 Å². The molecule has 0 saturated heterocycles. The van der Waals surface area contributed by atoms with Crippen LogP contribution in [0.25, 0.3) is 16.6 Å². The van der Waals surface area contributed by atoms with Crippen LogP contribution in [-0.4, -0.2) is 21.6 Å². The summed E-state index contributed by atoms with van der Waals surface area (Å²) in [5.74, 6) is -0.805. The van der Waals surface area contributed by atoms with Gasteiger partial charge in [-0.15, -0.1) is 0 Å². The van der Waals surface area contributed by atoms with E-state index >= 15 is 0 Å². The molecule has 0 bridgehead atoms. The Balaban J connectivity index is 1.79. The fourth-order valence-corrected chi connectivity index (χ4v) is 3.12. The predicted octanol–water partition coefficient (Wildman–Crippen LogP) is 4.51. The number of aliphatic hydroxyl groups is 1. The number of alkyl halides is 1. The second kappa shape index (κ2) is 6.55. The number of fused-ring (bicyclic) bond motifs is 1. The second-order valence-electron chi connectivity index (χ2n) is 6.31. The molecule has 0 radical (unpaired) electrons. The van der Waals surface area contributed by atoms with Crippen LogP contribution >= 0.6 is 0 Å². The Morgan fingerprint density at radius 2 is 1.44 bits per heavy atom. The van der Waals surface area contributed by atoms with Crippen molar-refractivity contribution < 1.29 is 18.3 Å². The summed E-state index contributed by atoms with van der Waals surface area (Å²) in [7, 11) is 0. The van der Waals surface area contributed by atoms with E-state index in [1.165, 1.54) is 36.4 Å². The van der Waals surface area contributed by atoms with Crippen LogP contribution in [-0.2, 0) is 5.60 Å². The Morgan fingerprint density at radius 3 is 2.07 bits per heavy atom. The van der Waals surface area contributed by atoms with Gasteiger partial charge in [-0.1, -0.05) is 18.2 Å². The van der Waals surface area contributed by atoms with E-state index in [1.807, 2.05) is 0 Å². The zero-order chi connectivity index (χ0) is 19.0. The van der Waals surface area contributed by atoms with Gasteiger partial charge in [0.05, 0.1) is 17.4 Å². The summed E-state index contributed by atoms with van der Waals surface area (Å²) in [5.41, 5.74) is 0.114. The fourth-order valence-electron chi connectivity index (χ4n) is 3.12. The van der Waals surface area contributed by atoms with Gasteiger partial charge < -0.3 is 5.11 Å². The van der Waals surface area contributed by atoms with Gasteiger partial charge in [-0.25, -0.2) is 17.9 Å². The third-order valence-corrected chi connectivity index (χ3v) is 4.63. The highest BCUT2D eigenvalue weighted by molar-refractivity contribution is 5.81. The van der Waals surface area contributed by atoms with Gasteiger partial charge in [-0.05, 0) is 59.7 Å². The molecule has 1 N–H and O–H groups in total. The molecule has 136 valence electrons. The topological polar surface area (TPSA) is 38.1 Å². The summed E-state index contributed by atoms with van der Waals surface area (Å²) in [6.07, 6.45) is 1.59. The molecule has 1 unspecified atom stereocenters. The molecule has 0 fully saturated rings. The standard InChI is InChI=1S/C21H15F3N2O/c22-13-21(27,15-1-4-17(23)5-2-15)16-3-10-20-14(11-16)12-25-26(20)19-8-6-18(24)7-9-19/h1-12,27H,13H2. The molecule has 1 aromatic heterocycles. The average molecular weight is 368 g/mol. The van der Waals surface area contributed by atoms with Gasteiger partial charge in [0.1, 0.15) is 23.9 Å². The summed E-state index contributed by atoms with van der Waals surface area (Å²) in [6.45, 7) is -1.06. The number of nitrogens with zero attached hydrogens (tertiary/aromatic N) is 2. The molecule has 27 heavy (non-hydrogen) atoms. The first kappa shape index (κ1) is 17.3. The Labute approximate surface area is 153 Å². The van der Waals surface area contributed by atoms with Gasteiger partial charge in [-0.3, -0.25) is 0 Å². The molecule has 0 amide bonds. The summed E-state index contributed by atoms with van der Waals surface area (Å²) in [4.78, 5) is 0. The molecule has 0 aliphatic rings. The Hall–Kier alpha value is -3.12. The van der Waals surface area contributed by atoms with Gasteiger partial charge in [0.2, 0.25) is 0 Å². The maximum absolute atomic E-state index is 13.8. The van der Waals surface area contributed by atoms with E-state index in [0.29, 0.717) is 16.6 Å². The number of aromatic nitrogens is 2. The third kappa shape index (κ3) is 2.98. The number of halogens is 3. The van der Waals surface area contributed by atoms with Crippen LogP contribution in [0.5, 0.6) is 0 Å². The van der Waals surface area contributed by atoms with Gasteiger partial charge in [-0.2, -0.15) is 5.10 Å². The van der Waals surface area contributed by atoms with E-state index in [0.717, 1.165) is 5.52 Å². The van der Waals surface area contributed by atoms with Crippen LogP contribution in [0.2, 0.25) is 0 Å². The SMILES string of the molecule is OC(CF)(c1ccc(F)cc1)c1ccc2c(cnn2-c2ccc(F)cc2)c1. The second-order valence-corrected chi connectivity index (χ2v) is 6.31. The largest absolute Gasteiger partial charge is 0.378 e. The van der Waals surface area contributed by atoms with E-state index in [-0.39, 0.29) is 11.4 Å². The molecule has 4 aromatic rings. The van der Waals surface area contributed by atoms with Crippen molar-refractivity contribution in [3.63, 3.8) is 0 Å². The molecule has 1 heterocycles. The zero-order valence-corrected chi connectivity index (χ0v) is 14.1. The van der Waals surface area contributed by atoms with Crippen LogP contribution in [0.4, 0.5) is 13.2 Å². The lowest BCUT2D eigenvalue weighted by molar-refractivity contribution is 0.0519. The van der Waals surface area contributed by atoms with Crippen molar-refractivity contribution in [1.82, 2.24) is 9.78 Å². The Kier molecular flexibility index (Phi) is 4.20. The van der Waals surface area contributed by atoms with Crippen molar-refractivity contribution in [2.24, 2.45) is 0 Å². The molecule has 0 spiro atoms. The monoisotopic (exact) mass is 368 g/mol. The highest BCUT2D eigenvalue weighted by atomic mass is 19.1. The van der Waals surface area contributed by atoms with E-state index < -0.39 is 18.1 Å². The van der Waals surface area contributed by atoms with Crippen LogP contribution in [0.15, 0.2) is 72.9 Å². The first-order valence-corrected chi connectivity index (χ1v) is 8.30. The van der Waals surface area contributed by atoms with Crippen LogP contribution < -0.4 is 0 Å². The molecule has 0 aliphatic heterocycles. The van der Waals surface area contributed by atoms with Gasteiger partial charge in [0.25, 0.3) is 0 Å². The quantitative estimate of drug-likeness (QED) is 0.576. The highest BCUT2D eigenvalue weighted by Crippen LogP contribution is 2.33. The number of hydrogen-bond donors (Lipinski definition) is 1. The highest BCUT2D eigenvalue weighted by Gasteiger charge is 2.32. The predicted molar refractivity (Wildman–Crippen MR) is 96.4 cm³/mol. The van der Waals surface area contributed by atoms with Gasteiger partial charge >= 0.3 is 0 Å². The summed E-state index contributed by atoms with van der Waals surface area (Å²) >= 11 is 0. The first-order chi connectivity index (χ1) is 13.0. The molecule has 0 aliphatic carbocycles. The third-order valence-electron chi connectivity index (χ3n) is 4.63. The summed E-state index contributed by atoms with van der Waals surface area (Å²) in [6, 6.07) is 15.9. The van der Waals surface area contributed by atoms with Gasteiger partial charge in [0.15, 0.2) is 0 Å². The van der Waals surface area contributed by atoms with Crippen LogP contribution in [0.1, 0.15) is 11.1 Å². The van der Waals surface area contributed by atoms with E-state index in [9.17, 15) is 18.3 Å². The normalized spacial score (nSPS) is 13.6. The minimum absolute atomic E-state index is 0.261. The molecule has 3 aromatic carbocycles. The van der Waals surface area contributed by atoms with Gasteiger partial charge in [0, 0.05) is 5.39 Å². The van der Waals surface area contributed by atoms with Crippen LogP contribution in [0.3, 0.4) is 0 Å². The molecule has 6 heteroatoms. The minimum Gasteiger partial charge on any atom is -0.378 e. The summed E-state index contributed by atoms with van der Waals surface area (Å²) in [5, 5.41) is 15.9. The minimum atomic E-state index is -1.89. The maximum Gasteiger partial charge on any atom is 0.143 e. The summed E-state index contributed by atoms with van der Waals surface area (Å²) < 4.78 is 41.8. The smallest absolute Gasteiger partial charge is 0.143 e. The first-order valence-electron chi connectivity index (χ1n) is 8.30. The van der Waals surface area contributed by atoms with Crippen molar-refractivity contribution in [3.05, 3.63) is 95.7 Å². The zero-order valence-electron chi connectivity index (χ0n) is 14.1. The average Bonchev–Trinajstić information content (AvgIpc) is 3.12. The number of hydrogen-bond acceptors (Lipinski definition) is 2. The van der Waals surface area contributed by atoms with Crippen molar-refractivity contribution >= 4 is 10.9 Å². The number of benzene rings is 3. The van der Waals surface area contributed by atoms with E-state index in [2.05, 4.69) is 5.10 Å². The van der Waals surface area contributed by atoms with E-state index in [1.54, 1.807) is 41.2 Å². The Bertz CT molecular complexity index is 1090. The molecule has 4 rings (SSSR count). The molecule has 1 atom stereocenters. The van der Waals surface area contributed by atoms with Crippen LogP contribution in [0, 0.1) is 11.6 Å². The molecular weight excluding hydrogens is 353 g/mol. The fraction of sp³-hybridized carbons (Fsp3) is 0.0952. The van der Waals surface area contributed by atoms with Crippen molar-refractivity contribution in [2.75, 3.05) is 6.67 Å². The molecular formula is C21H15F3N2O. The van der Waals surface area contributed by atoms with Crippen molar-refractivity contribution in [3.8, 4) is 5.69 Å².